The molecule has 0 radical (unpaired) electrons. The van der Waals surface area contributed by atoms with Crippen LogP contribution in [-0.4, -0.2) is 25.8 Å². The van der Waals surface area contributed by atoms with E-state index in [-0.39, 0.29) is 0 Å². The number of nitrogens with one attached hydrogen (secondary N) is 1. The molecule has 0 spiro atoms. The van der Waals surface area contributed by atoms with Crippen LogP contribution in [0.15, 0.2) is 0 Å². The summed E-state index contributed by atoms with van der Waals surface area (Å²) in [4.78, 5) is 0. The van der Waals surface area contributed by atoms with E-state index >= 15 is 0 Å². The molecule has 0 unspecified atom stereocenters. The van der Waals surface area contributed by atoms with Crippen LogP contribution in [0.25, 0.3) is 0 Å². The molecule has 0 aromatic carbocycles. The first kappa shape index (κ1) is 10.1. The highest BCUT2D eigenvalue weighted by Gasteiger charge is 2.45. The maximum absolute atomic E-state index is 5.50. The zero-order valence-corrected chi connectivity index (χ0v) is 9.63. The third kappa shape index (κ3) is 2.07. The van der Waals surface area contributed by atoms with Crippen molar-refractivity contribution in [2.24, 2.45) is 11.3 Å². The minimum atomic E-state index is 0.531. The predicted octanol–water partition coefficient (Wildman–Crippen LogP) is 2.34. The van der Waals surface area contributed by atoms with Crippen LogP contribution < -0.4 is 5.32 Å². The quantitative estimate of drug-likeness (QED) is 0.767. The number of ether oxygens (including phenoxy) is 1. The first-order valence-corrected chi connectivity index (χ1v) is 6.70. The van der Waals surface area contributed by atoms with Gasteiger partial charge >= 0.3 is 0 Å². The van der Waals surface area contributed by atoms with Crippen LogP contribution in [0.2, 0.25) is 0 Å². The highest BCUT2D eigenvalue weighted by molar-refractivity contribution is 4.96. The summed E-state index contributed by atoms with van der Waals surface area (Å²) in [5, 5.41) is 3.72. The SMILES string of the molecule is C1CCC(C2(CNC3CC3)COC2)CC1. The van der Waals surface area contributed by atoms with Crippen molar-refractivity contribution < 1.29 is 4.74 Å². The lowest BCUT2D eigenvalue weighted by Gasteiger charge is -2.49. The Labute approximate surface area is 92.8 Å². The molecule has 1 saturated heterocycles. The third-order valence-electron chi connectivity index (χ3n) is 4.57. The van der Waals surface area contributed by atoms with Crippen LogP contribution in [0.4, 0.5) is 0 Å². The summed E-state index contributed by atoms with van der Waals surface area (Å²) in [7, 11) is 0. The molecule has 1 aliphatic heterocycles. The van der Waals surface area contributed by atoms with Gasteiger partial charge in [0.25, 0.3) is 0 Å². The number of rotatable bonds is 4. The van der Waals surface area contributed by atoms with Crippen molar-refractivity contribution in [1.29, 1.82) is 0 Å². The lowest BCUT2D eigenvalue weighted by molar-refractivity contribution is -0.150. The van der Waals surface area contributed by atoms with Crippen LogP contribution in [0.1, 0.15) is 44.9 Å². The smallest absolute Gasteiger partial charge is 0.0559 e. The number of hydrogen-bond donors (Lipinski definition) is 1. The van der Waals surface area contributed by atoms with Gasteiger partial charge in [0.1, 0.15) is 0 Å². The van der Waals surface area contributed by atoms with Gasteiger partial charge in [-0.25, -0.2) is 0 Å². The molecule has 3 fully saturated rings. The van der Waals surface area contributed by atoms with Crippen LogP contribution >= 0.6 is 0 Å². The molecule has 3 rings (SSSR count). The van der Waals surface area contributed by atoms with Crippen molar-refractivity contribution in [3.8, 4) is 0 Å². The van der Waals surface area contributed by atoms with E-state index in [1.54, 1.807) is 0 Å². The first-order chi connectivity index (χ1) is 7.39. The fraction of sp³-hybridized carbons (Fsp3) is 1.00. The molecule has 3 aliphatic rings. The van der Waals surface area contributed by atoms with Gasteiger partial charge in [-0.05, 0) is 31.6 Å². The molecule has 2 aliphatic carbocycles. The van der Waals surface area contributed by atoms with Gasteiger partial charge in [0.2, 0.25) is 0 Å². The second-order valence-corrected chi connectivity index (χ2v) is 5.85. The Bertz CT molecular complexity index is 215. The van der Waals surface area contributed by atoms with Crippen molar-refractivity contribution in [2.75, 3.05) is 19.8 Å². The summed E-state index contributed by atoms with van der Waals surface area (Å²) in [6, 6.07) is 0.853. The molecule has 15 heavy (non-hydrogen) atoms. The van der Waals surface area contributed by atoms with E-state index in [2.05, 4.69) is 5.32 Å². The molecule has 2 heteroatoms. The average Bonchev–Trinajstić information content (AvgIpc) is 3.02. The van der Waals surface area contributed by atoms with E-state index in [1.165, 1.54) is 51.5 Å². The van der Waals surface area contributed by atoms with Gasteiger partial charge in [0, 0.05) is 18.0 Å². The highest BCUT2D eigenvalue weighted by Crippen LogP contribution is 2.43. The zero-order valence-electron chi connectivity index (χ0n) is 9.63. The fourth-order valence-corrected chi connectivity index (χ4v) is 3.20. The summed E-state index contributed by atoms with van der Waals surface area (Å²) in [6.07, 6.45) is 10.1. The lowest BCUT2D eigenvalue weighted by Crippen LogP contribution is -2.55. The monoisotopic (exact) mass is 209 g/mol. The van der Waals surface area contributed by atoms with Gasteiger partial charge in [-0.1, -0.05) is 19.3 Å². The second kappa shape index (κ2) is 4.06. The Balaban J connectivity index is 1.56. The molecule has 0 aromatic rings. The van der Waals surface area contributed by atoms with Crippen LogP contribution in [0, 0.1) is 11.3 Å². The normalized spacial score (nSPS) is 31.2. The zero-order chi connectivity index (χ0) is 10.1. The van der Waals surface area contributed by atoms with Gasteiger partial charge in [0.15, 0.2) is 0 Å². The Hall–Kier alpha value is -0.0800. The van der Waals surface area contributed by atoms with Crippen LogP contribution in [0.5, 0.6) is 0 Å². The average molecular weight is 209 g/mol. The van der Waals surface area contributed by atoms with Crippen molar-refractivity contribution in [3.63, 3.8) is 0 Å². The van der Waals surface area contributed by atoms with E-state index < -0.39 is 0 Å². The predicted molar refractivity (Wildman–Crippen MR) is 60.9 cm³/mol. The summed E-state index contributed by atoms with van der Waals surface area (Å²) >= 11 is 0. The highest BCUT2D eigenvalue weighted by atomic mass is 16.5. The van der Waals surface area contributed by atoms with Crippen molar-refractivity contribution in [1.82, 2.24) is 5.32 Å². The van der Waals surface area contributed by atoms with Crippen molar-refractivity contribution in [3.05, 3.63) is 0 Å². The second-order valence-electron chi connectivity index (χ2n) is 5.85. The summed E-state index contributed by atoms with van der Waals surface area (Å²) in [5.41, 5.74) is 0.531. The summed E-state index contributed by atoms with van der Waals surface area (Å²) < 4.78 is 5.50. The molecule has 1 N–H and O–H groups in total. The largest absolute Gasteiger partial charge is 0.380 e. The topological polar surface area (TPSA) is 21.3 Å². The van der Waals surface area contributed by atoms with Gasteiger partial charge in [-0.3, -0.25) is 0 Å². The minimum absolute atomic E-state index is 0.531. The van der Waals surface area contributed by atoms with Crippen molar-refractivity contribution >= 4 is 0 Å². The third-order valence-corrected chi connectivity index (χ3v) is 4.57. The molecule has 1 heterocycles. The van der Waals surface area contributed by atoms with Gasteiger partial charge < -0.3 is 10.1 Å². The summed E-state index contributed by atoms with van der Waals surface area (Å²) in [6.45, 7) is 3.27. The van der Waals surface area contributed by atoms with E-state index in [9.17, 15) is 0 Å². The maximum Gasteiger partial charge on any atom is 0.0559 e. The molecular weight excluding hydrogens is 186 g/mol. The fourth-order valence-electron chi connectivity index (χ4n) is 3.20. The van der Waals surface area contributed by atoms with Gasteiger partial charge in [-0.2, -0.15) is 0 Å². The molecule has 0 amide bonds. The molecule has 0 atom stereocenters. The maximum atomic E-state index is 5.50. The molecular formula is C13H23NO. The van der Waals surface area contributed by atoms with E-state index in [1.807, 2.05) is 0 Å². The Morgan fingerprint density at radius 2 is 1.73 bits per heavy atom. The Kier molecular flexibility index (Phi) is 2.73. The standard InChI is InChI=1S/C13H23NO/c1-2-4-11(5-3-1)13(9-15-10-13)8-14-12-6-7-12/h11-12,14H,1-10H2. The summed E-state index contributed by atoms with van der Waals surface area (Å²) in [5.74, 6) is 0.950. The molecule has 2 nitrogen and oxygen atoms in total. The van der Waals surface area contributed by atoms with E-state index in [0.29, 0.717) is 5.41 Å². The first-order valence-electron chi connectivity index (χ1n) is 6.70. The lowest BCUT2D eigenvalue weighted by atomic mass is 9.67. The molecule has 0 bridgehead atoms. The van der Waals surface area contributed by atoms with Crippen LogP contribution in [-0.2, 0) is 4.74 Å². The number of hydrogen-bond acceptors (Lipinski definition) is 2. The molecule has 86 valence electrons. The van der Waals surface area contributed by atoms with Gasteiger partial charge in [-0.15, -0.1) is 0 Å². The van der Waals surface area contributed by atoms with Crippen LogP contribution in [0.3, 0.4) is 0 Å². The van der Waals surface area contributed by atoms with E-state index in [0.717, 1.165) is 25.2 Å². The van der Waals surface area contributed by atoms with Crippen molar-refractivity contribution in [2.45, 2.75) is 51.0 Å². The molecule has 2 saturated carbocycles. The Morgan fingerprint density at radius 3 is 2.27 bits per heavy atom. The Morgan fingerprint density at radius 1 is 1.00 bits per heavy atom. The molecule has 0 aromatic heterocycles. The van der Waals surface area contributed by atoms with E-state index in [4.69, 9.17) is 4.74 Å². The van der Waals surface area contributed by atoms with Gasteiger partial charge in [0.05, 0.1) is 13.2 Å². The minimum Gasteiger partial charge on any atom is -0.380 e.